The molecular formula is C16H29IN4O. The number of hydrogen-bond acceptors (Lipinski definition) is 2. The number of carbonyl (C=O) groups excluding carboxylic acids is 1. The Morgan fingerprint density at radius 1 is 1.36 bits per heavy atom. The lowest BCUT2D eigenvalue weighted by Gasteiger charge is -2.38. The minimum absolute atomic E-state index is 0. The summed E-state index contributed by atoms with van der Waals surface area (Å²) in [5.41, 5.74) is 1.59. The summed E-state index contributed by atoms with van der Waals surface area (Å²) >= 11 is 0. The molecule has 126 valence electrons. The molecule has 2 rings (SSSR count). The van der Waals surface area contributed by atoms with E-state index in [0.29, 0.717) is 12.0 Å². The van der Waals surface area contributed by atoms with E-state index in [0.717, 1.165) is 24.6 Å². The Morgan fingerprint density at radius 2 is 2.05 bits per heavy atom. The highest BCUT2D eigenvalue weighted by molar-refractivity contribution is 14.0. The molecule has 1 N–H and O–H groups in total. The maximum atomic E-state index is 11.7. The molecule has 0 bridgehead atoms. The number of likely N-dealkylation sites (tertiary alicyclic amines) is 1. The van der Waals surface area contributed by atoms with Gasteiger partial charge in [0, 0.05) is 33.7 Å². The van der Waals surface area contributed by atoms with Gasteiger partial charge in [-0.3, -0.25) is 4.79 Å². The second kappa shape index (κ2) is 8.17. The first-order valence-electron chi connectivity index (χ1n) is 7.80. The van der Waals surface area contributed by atoms with E-state index in [9.17, 15) is 4.79 Å². The largest absolute Gasteiger partial charge is 0.353 e. The maximum absolute atomic E-state index is 11.7. The molecule has 0 aromatic heterocycles. The monoisotopic (exact) mass is 420 g/mol. The molecule has 5 nitrogen and oxygen atoms in total. The van der Waals surface area contributed by atoms with Crippen molar-refractivity contribution in [2.75, 3.05) is 40.3 Å². The summed E-state index contributed by atoms with van der Waals surface area (Å²) in [7, 11) is 3.52. The minimum atomic E-state index is 0. The van der Waals surface area contributed by atoms with Gasteiger partial charge in [0.15, 0.2) is 5.96 Å². The van der Waals surface area contributed by atoms with E-state index in [2.05, 4.69) is 21.8 Å². The predicted molar refractivity (Wildman–Crippen MR) is 102 cm³/mol. The average molecular weight is 420 g/mol. The molecule has 0 radical (unpaired) electrons. The van der Waals surface area contributed by atoms with Crippen LogP contribution in [-0.4, -0.2) is 61.9 Å². The van der Waals surface area contributed by atoms with E-state index >= 15 is 0 Å². The first-order chi connectivity index (χ1) is 9.92. The molecule has 6 heteroatoms. The van der Waals surface area contributed by atoms with E-state index < -0.39 is 0 Å². The van der Waals surface area contributed by atoms with Gasteiger partial charge in [0.25, 0.3) is 0 Å². The van der Waals surface area contributed by atoms with Crippen molar-refractivity contribution in [3.63, 3.8) is 0 Å². The lowest BCUT2D eigenvalue weighted by molar-refractivity contribution is -0.127. The van der Waals surface area contributed by atoms with Crippen molar-refractivity contribution in [3.05, 3.63) is 12.2 Å². The number of nitrogens with one attached hydrogen (secondary N) is 1. The summed E-state index contributed by atoms with van der Waals surface area (Å²) < 4.78 is 0. The zero-order valence-electron chi connectivity index (χ0n) is 14.0. The molecule has 1 saturated carbocycles. The van der Waals surface area contributed by atoms with Crippen molar-refractivity contribution in [1.29, 1.82) is 0 Å². The molecular weight excluding hydrogens is 391 g/mol. The maximum Gasteiger partial charge on any atom is 0.243 e. The van der Waals surface area contributed by atoms with E-state index in [1.54, 1.807) is 19.0 Å². The second-order valence-corrected chi connectivity index (χ2v) is 6.76. The van der Waals surface area contributed by atoms with Crippen LogP contribution in [-0.2, 0) is 4.79 Å². The summed E-state index contributed by atoms with van der Waals surface area (Å²) in [5, 5.41) is 3.35. The first kappa shape index (κ1) is 19.3. The highest BCUT2D eigenvalue weighted by atomic mass is 127. The third-order valence-corrected chi connectivity index (χ3v) is 4.56. The summed E-state index contributed by atoms with van der Waals surface area (Å²) in [6.45, 7) is 8.94. The summed E-state index contributed by atoms with van der Waals surface area (Å²) in [5.74, 6) is 0.888. The third-order valence-electron chi connectivity index (χ3n) is 4.56. The van der Waals surface area contributed by atoms with Gasteiger partial charge in [-0.1, -0.05) is 18.6 Å². The van der Waals surface area contributed by atoms with Crippen molar-refractivity contribution in [2.24, 2.45) is 10.4 Å². The number of carbonyl (C=O) groups is 1. The third kappa shape index (κ3) is 4.86. The van der Waals surface area contributed by atoms with Gasteiger partial charge in [-0.05, 0) is 31.6 Å². The Labute approximate surface area is 151 Å². The van der Waals surface area contributed by atoms with Crippen LogP contribution in [0.1, 0.15) is 32.6 Å². The molecule has 0 unspecified atom stereocenters. The fourth-order valence-electron chi connectivity index (χ4n) is 2.98. The molecule has 0 aromatic carbocycles. The highest BCUT2D eigenvalue weighted by Crippen LogP contribution is 2.47. The van der Waals surface area contributed by atoms with E-state index in [-0.39, 0.29) is 36.4 Å². The molecule has 0 atom stereocenters. The number of halogens is 1. The molecule has 0 aromatic rings. The molecule has 1 saturated heterocycles. The van der Waals surface area contributed by atoms with Gasteiger partial charge in [0.2, 0.25) is 5.91 Å². The number of rotatable bonds is 4. The Kier molecular flexibility index (Phi) is 7.15. The highest BCUT2D eigenvalue weighted by Gasteiger charge is 2.43. The number of likely N-dealkylation sites (N-methyl/N-ethyl adjacent to an activating group) is 1. The van der Waals surface area contributed by atoms with Crippen LogP contribution in [0.4, 0.5) is 0 Å². The number of aliphatic imine (C=N–C) groups is 1. The Morgan fingerprint density at radius 3 is 2.50 bits per heavy atom. The molecule has 22 heavy (non-hydrogen) atoms. The van der Waals surface area contributed by atoms with Crippen LogP contribution in [0.3, 0.4) is 0 Å². The van der Waals surface area contributed by atoms with Crippen LogP contribution in [0.25, 0.3) is 0 Å². The lowest BCUT2D eigenvalue weighted by atomic mass is 9.68. The number of hydrogen-bond donors (Lipinski definition) is 1. The minimum Gasteiger partial charge on any atom is -0.353 e. The quantitative estimate of drug-likeness (QED) is 0.328. The Bertz CT molecular complexity index is 443. The molecule has 2 fully saturated rings. The number of guanidine groups is 1. The Balaban J connectivity index is 0.00000242. The van der Waals surface area contributed by atoms with Crippen LogP contribution in [0.2, 0.25) is 0 Å². The summed E-state index contributed by atoms with van der Waals surface area (Å²) in [6.07, 6.45) is 5.29. The average Bonchev–Trinajstić information content (AvgIpc) is 2.83. The van der Waals surface area contributed by atoms with Crippen LogP contribution in [0, 0.1) is 5.41 Å². The van der Waals surface area contributed by atoms with Gasteiger partial charge in [-0.25, -0.2) is 4.99 Å². The van der Waals surface area contributed by atoms with E-state index in [4.69, 9.17) is 0 Å². The van der Waals surface area contributed by atoms with Gasteiger partial charge in [0.05, 0.1) is 0 Å². The molecule has 1 heterocycles. The van der Waals surface area contributed by atoms with E-state index in [1.165, 1.54) is 25.7 Å². The van der Waals surface area contributed by atoms with Crippen LogP contribution in [0.15, 0.2) is 17.1 Å². The molecule has 1 aliphatic heterocycles. The first-order valence-corrected chi connectivity index (χ1v) is 7.80. The van der Waals surface area contributed by atoms with Gasteiger partial charge in [-0.15, -0.1) is 24.0 Å². The summed E-state index contributed by atoms with van der Waals surface area (Å²) in [6, 6.07) is 0. The number of amides is 1. The lowest BCUT2D eigenvalue weighted by Crippen LogP contribution is -2.43. The molecule has 2 aliphatic rings. The van der Waals surface area contributed by atoms with Gasteiger partial charge in [0.1, 0.15) is 6.54 Å². The van der Waals surface area contributed by atoms with Crippen molar-refractivity contribution in [2.45, 2.75) is 32.6 Å². The van der Waals surface area contributed by atoms with Crippen LogP contribution in [0.5, 0.6) is 0 Å². The van der Waals surface area contributed by atoms with Crippen molar-refractivity contribution in [3.8, 4) is 0 Å². The Hall–Kier alpha value is -0.790. The second-order valence-electron chi connectivity index (χ2n) is 6.76. The normalized spacial score (nSPS) is 19.4. The zero-order valence-corrected chi connectivity index (χ0v) is 16.4. The fourth-order valence-corrected chi connectivity index (χ4v) is 2.98. The van der Waals surface area contributed by atoms with Crippen molar-refractivity contribution in [1.82, 2.24) is 15.1 Å². The molecule has 1 amide bonds. The zero-order chi connectivity index (χ0) is 15.5. The topological polar surface area (TPSA) is 47.9 Å². The van der Waals surface area contributed by atoms with Crippen molar-refractivity contribution >= 4 is 35.8 Å². The smallest absolute Gasteiger partial charge is 0.243 e. The fraction of sp³-hybridized carbons (Fsp3) is 0.750. The number of nitrogens with zero attached hydrogens (tertiary/aromatic N) is 3. The predicted octanol–water partition coefficient (Wildman–Crippen LogP) is 2.09. The standard InChI is InChI=1S/C16H28N4O.HI/c1-13(2)10-17-15(18-11-14(21)19(3)4)20-9-8-16(12-20)6-5-7-16;/h1,5-12H2,2-4H3,(H,17,18);1H. The van der Waals surface area contributed by atoms with Crippen molar-refractivity contribution < 1.29 is 4.79 Å². The molecule has 1 spiro atoms. The van der Waals surface area contributed by atoms with Gasteiger partial charge < -0.3 is 15.1 Å². The van der Waals surface area contributed by atoms with Gasteiger partial charge >= 0.3 is 0 Å². The molecule has 1 aliphatic carbocycles. The van der Waals surface area contributed by atoms with Crippen LogP contribution >= 0.6 is 24.0 Å². The SMILES string of the molecule is C=C(C)CNC(=NCC(=O)N(C)C)N1CCC2(CCC2)C1.I. The van der Waals surface area contributed by atoms with Crippen LogP contribution < -0.4 is 5.32 Å². The summed E-state index contributed by atoms with van der Waals surface area (Å²) in [4.78, 5) is 20.2. The van der Waals surface area contributed by atoms with Gasteiger partial charge in [-0.2, -0.15) is 0 Å². The van der Waals surface area contributed by atoms with E-state index in [1.807, 2.05) is 6.92 Å².